The van der Waals surface area contributed by atoms with Gasteiger partial charge in [0.05, 0.1) is 29.0 Å². The van der Waals surface area contributed by atoms with Crippen LogP contribution < -0.4 is 4.74 Å². The smallest absolute Gasteiger partial charge is 0.254 e. The predicted octanol–water partition coefficient (Wildman–Crippen LogP) is 4.76. The maximum absolute atomic E-state index is 13.3. The van der Waals surface area contributed by atoms with Crippen molar-refractivity contribution in [3.63, 3.8) is 0 Å². The molecule has 0 spiro atoms. The summed E-state index contributed by atoms with van der Waals surface area (Å²) < 4.78 is 5.81. The zero-order valence-corrected chi connectivity index (χ0v) is 17.1. The Hall–Kier alpha value is -3.73. The van der Waals surface area contributed by atoms with Crippen LogP contribution in [0.5, 0.6) is 5.75 Å². The van der Waals surface area contributed by atoms with E-state index < -0.39 is 0 Å². The van der Waals surface area contributed by atoms with Gasteiger partial charge in [-0.2, -0.15) is 0 Å². The largest absolute Gasteiger partial charge is 0.492 e. The number of nitrogens with zero attached hydrogens (tertiary/aromatic N) is 3. The molecule has 0 aliphatic carbocycles. The minimum absolute atomic E-state index is 0.0707. The van der Waals surface area contributed by atoms with Crippen molar-refractivity contribution in [2.75, 3.05) is 20.2 Å². The highest BCUT2D eigenvalue weighted by Gasteiger charge is 2.17. The summed E-state index contributed by atoms with van der Waals surface area (Å²) in [7, 11) is 1.79. The van der Waals surface area contributed by atoms with Crippen molar-refractivity contribution >= 4 is 16.8 Å². The van der Waals surface area contributed by atoms with Crippen molar-refractivity contribution in [3.8, 4) is 17.1 Å². The highest BCUT2D eigenvalue weighted by atomic mass is 16.5. The van der Waals surface area contributed by atoms with E-state index in [0.717, 1.165) is 27.9 Å². The summed E-state index contributed by atoms with van der Waals surface area (Å²) in [5, 5.41) is 0.827. The van der Waals surface area contributed by atoms with Gasteiger partial charge in [-0.25, -0.2) is 4.98 Å². The lowest BCUT2D eigenvalue weighted by molar-refractivity contribution is 0.0775. The number of carbonyl (C=O) groups is 1. The van der Waals surface area contributed by atoms with Gasteiger partial charge in [-0.05, 0) is 48.9 Å². The van der Waals surface area contributed by atoms with Crippen LogP contribution in [0.25, 0.3) is 22.3 Å². The van der Waals surface area contributed by atoms with E-state index in [2.05, 4.69) is 4.98 Å². The molecule has 0 aliphatic heterocycles. The number of para-hydroxylation sites is 1. The Morgan fingerprint density at radius 1 is 0.967 bits per heavy atom. The van der Waals surface area contributed by atoms with E-state index in [1.165, 1.54) is 0 Å². The Morgan fingerprint density at radius 2 is 1.80 bits per heavy atom. The third kappa shape index (κ3) is 4.30. The van der Waals surface area contributed by atoms with Gasteiger partial charge in [-0.3, -0.25) is 9.78 Å². The molecule has 5 nitrogen and oxygen atoms in total. The van der Waals surface area contributed by atoms with E-state index >= 15 is 0 Å². The summed E-state index contributed by atoms with van der Waals surface area (Å²) in [5.41, 5.74) is 3.94. The van der Waals surface area contributed by atoms with Crippen LogP contribution in [0.2, 0.25) is 0 Å². The summed E-state index contributed by atoms with van der Waals surface area (Å²) in [4.78, 5) is 24.0. The quantitative estimate of drug-likeness (QED) is 0.471. The van der Waals surface area contributed by atoms with Crippen LogP contribution in [0.4, 0.5) is 0 Å². The van der Waals surface area contributed by atoms with Gasteiger partial charge in [0.2, 0.25) is 0 Å². The lowest BCUT2D eigenvalue weighted by atomic mass is 10.1. The van der Waals surface area contributed by atoms with Crippen molar-refractivity contribution in [1.29, 1.82) is 0 Å². The summed E-state index contributed by atoms with van der Waals surface area (Å²) >= 11 is 0. The summed E-state index contributed by atoms with van der Waals surface area (Å²) in [6.45, 7) is 2.92. The monoisotopic (exact) mass is 397 g/mol. The molecule has 0 N–H and O–H groups in total. The van der Waals surface area contributed by atoms with Crippen molar-refractivity contribution in [1.82, 2.24) is 14.9 Å². The highest BCUT2D eigenvalue weighted by Crippen LogP contribution is 2.24. The molecule has 0 radical (unpaired) electrons. The standard InChI is InChI=1S/C25H23N3O2/c1-18-8-7-9-19(16-18)30-15-14-28(2)25(29)21-17-24(23-12-5-6-13-26-23)27-22-11-4-3-10-20(21)22/h3-13,16-17H,14-15H2,1-2H3. The van der Waals surface area contributed by atoms with Gasteiger partial charge in [0.25, 0.3) is 5.91 Å². The number of pyridine rings is 2. The maximum Gasteiger partial charge on any atom is 0.254 e. The fourth-order valence-electron chi connectivity index (χ4n) is 3.31. The SMILES string of the molecule is Cc1cccc(OCCN(C)C(=O)c2cc(-c3ccccn3)nc3ccccc23)c1. The summed E-state index contributed by atoms with van der Waals surface area (Å²) in [5.74, 6) is 0.737. The van der Waals surface area contributed by atoms with Gasteiger partial charge in [-0.1, -0.05) is 36.4 Å². The van der Waals surface area contributed by atoms with Crippen LogP contribution in [0.3, 0.4) is 0 Å². The molecule has 2 aromatic carbocycles. The first-order chi connectivity index (χ1) is 14.6. The van der Waals surface area contributed by atoms with Crippen molar-refractivity contribution < 1.29 is 9.53 Å². The molecule has 0 saturated heterocycles. The minimum atomic E-state index is -0.0707. The second-order valence-electron chi connectivity index (χ2n) is 7.18. The molecule has 4 aromatic rings. The average molecular weight is 397 g/mol. The van der Waals surface area contributed by atoms with E-state index in [1.807, 2.05) is 79.7 Å². The topological polar surface area (TPSA) is 55.3 Å². The number of hydrogen-bond acceptors (Lipinski definition) is 4. The Bertz CT molecular complexity index is 1180. The van der Waals surface area contributed by atoms with Crippen LogP contribution in [0.15, 0.2) is 79.0 Å². The Labute approximate surface area is 176 Å². The van der Waals surface area contributed by atoms with Gasteiger partial charge in [0.15, 0.2) is 0 Å². The number of aryl methyl sites for hydroxylation is 1. The number of rotatable bonds is 6. The van der Waals surface area contributed by atoms with Crippen LogP contribution in [0.1, 0.15) is 15.9 Å². The molecule has 1 amide bonds. The van der Waals surface area contributed by atoms with Gasteiger partial charge >= 0.3 is 0 Å². The van der Waals surface area contributed by atoms with Crippen molar-refractivity contribution in [2.24, 2.45) is 0 Å². The number of carbonyl (C=O) groups excluding carboxylic acids is 1. The summed E-state index contributed by atoms with van der Waals surface area (Å²) in [6.07, 6.45) is 1.72. The molecule has 2 heterocycles. The Balaban J connectivity index is 1.57. The van der Waals surface area contributed by atoms with Gasteiger partial charge in [0, 0.05) is 18.6 Å². The van der Waals surface area contributed by atoms with Gasteiger partial charge in [0.1, 0.15) is 12.4 Å². The van der Waals surface area contributed by atoms with Crippen LogP contribution in [0, 0.1) is 6.92 Å². The second-order valence-corrected chi connectivity index (χ2v) is 7.18. The molecule has 0 unspecified atom stereocenters. The third-order valence-electron chi connectivity index (χ3n) is 4.91. The molecule has 0 bridgehead atoms. The molecular weight excluding hydrogens is 374 g/mol. The van der Waals surface area contributed by atoms with Gasteiger partial charge < -0.3 is 9.64 Å². The lowest BCUT2D eigenvalue weighted by Crippen LogP contribution is -2.31. The molecule has 4 rings (SSSR count). The lowest BCUT2D eigenvalue weighted by Gasteiger charge is -2.19. The number of benzene rings is 2. The molecule has 150 valence electrons. The van der Waals surface area contributed by atoms with E-state index in [0.29, 0.717) is 24.4 Å². The number of aromatic nitrogens is 2. The molecule has 0 aliphatic rings. The molecule has 2 aromatic heterocycles. The van der Waals surface area contributed by atoms with Gasteiger partial charge in [-0.15, -0.1) is 0 Å². The maximum atomic E-state index is 13.3. The van der Waals surface area contributed by atoms with Crippen molar-refractivity contribution in [2.45, 2.75) is 6.92 Å². The average Bonchev–Trinajstić information content (AvgIpc) is 2.78. The molecule has 30 heavy (non-hydrogen) atoms. The fourth-order valence-corrected chi connectivity index (χ4v) is 3.31. The molecule has 0 fully saturated rings. The first-order valence-electron chi connectivity index (χ1n) is 9.88. The zero-order valence-electron chi connectivity index (χ0n) is 17.1. The third-order valence-corrected chi connectivity index (χ3v) is 4.91. The summed E-state index contributed by atoms with van der Waals surface area (Å²) in [6, 6.07) is 23.1. The number of likely N-dealkylation sites (N-methyl/N-ethyl adjacent to an activating group) is 1. The molecule has 0 atom stereocenters. The fraction of sp³-hybridized carbons (Fsp3) is 0.160. The predicted molar refractivity (Wildman–Crippen MR) is 119 cm³/mol. The zero-order chi connectivity index (χ0) is 20.9. The number of fused-ring (bicyclic) bond motifs is 1. The first kappa shape index (κ1) is 19.6. The number of amides is 1. The van der Waals surface area contributed by atoms with Crippen LogP contribution >= 0.6 is 0 Å². The van der Waals surface area contributed by atoms with E-state index in [4.69, 9.17) is 9.72 Å². The molecular formula is C25H23N3O2. The van der Waals surface area contributed by atoms with E-state index in [9.17, 15) is 4.79 Å². The molecule has 5 heteroatoms. The molecule has 0 saturated carbocycles. The van der Waals surface area contributed by atoms with Crippen LogP contribution in [-0.2, 0) is 0 Å². The normalized spacial score (nSPS) is 10.7. The van der Waals surface area contributed by atoms with Crippen molar-refractivity contribution in [3.05, 3.63) is 90.1 Å². The first-order valence-corrected chi connectivity index (χ1v) is 9.88. The Kier molecular flexibility index (Phi) is 5.70. The number of hydrogen-bond donors (Lipinski definition) is 0. The van der Waals surface area contributed by atoms with Crippen LogP contribution in [-0.4, -0.2) is 41.0 Å². The highest BCUT2D eigenvalue weighted by molar-refractivity contribution is 6.07. The Morgan fingerprint density at radius 3 is 2.60 bits per heavy atom. The van der Waals surface area contributed by atoms with E-state index in [1.54, 1.807) is 18.1 Å². The second kappa shape index (κ2) is 8.74. The van der Waals surface area contributed by atoms with E-state index in [-0.39, 0.29) is 5.91 Å². The minimum Gasteiger partial charge on any atom is -0.492 e. The number of ether oxygens (including phenoxy) is 1.